The number of nitro groups is 1. The van der Waals surface area contributed by atoms with Crippen molar-refractivity contribution in [2.75, 3.05) is 18.5 Å². The van der Waals surface area contributed by atoms with Crippen LogP contribution in [0.2, 0.25) is 0 Å². The van der Waals surface area contributed by atoms with Crippen molar-refractivity contribution in [1.29, 1.82) is 0 Å². The lowest BCUT2D eigenvalue weighted by Crippen LogP contribution is -2.39. The molecule has 1 amide bonds. The zero-order chi connectivity index (χ0) is 18.7. The predicted molar refractivity (Wildman–Crippen MR) is 96.3 cm³/mol. The van der Waals surface area contributed by atoms with E-state index in [2.05, 4.69) is 4.90 Å². The van der Waals surface area contributed by atoms with E-state index in [1.807, 2.05) is 0 Å². The SMILES string of the molecule is CN(C(=O)CN(Cc1ccc(F)cc1)C1CC1)c1ccc([N+](=O)[O-])cc1. The van der Waals surface area contributed by atoms with Gasteiger partial charge in [-0.1, -0.05) is 12.1 Å². The highest BCUT2D eigenvalue weighted by Gasteiger charge is 2.31. The number of likely N-dealkylation sites (N-methyl/N-ethyl adjacent to an activating group) is 1. The smallest absolute Gasteiger partial charge is 0.269 e. The first-order valence-corrected chi connectivity index (χ1v) is 8.43. The minimum Gasteiger partial charge on any atom is -0.314 e. The van der Waals surface area contributed by atoms with E-state index in [0.29, 0.717) is 18.3 Å². The molecular formula is C19H20FN3O3. The number of nitro benzene ring substituents is 1. The number of carbonyl (C=O) groups excluding carboxylic acids is 1. The van der Waals surface area contributed by atoms with Gasteiger partial charge < -0.3 is 4.90 Å². The van der Waals surface area contributed by atoms with Crippen molar-refractivity contribution in [3.63, 3.8) is 0 Å². The van der Waals surface area contributed by atoms with Gasteiger partial charge in [0.15, 0.2) is 0 Å². The topological polar surface area (TPSA) is 66.7 Å². The van der Waals surface area contributed by atoms with Gasteiger partial charge in [0.1, 0.15) is 5.82 Å². The number of benzene rings is 2. The lowest BCUT2D eigenvalue weighted by atomic mass is 10.2. The molecule has 0 aliphatic heterocycles. The van der Waals surface area contributed by atoms with Crippen molar-refractivity contribution in [3.05, 3.63) is 70.0 Å². The number of hydrogen-bond donors (Lipinski definition) is 0. The molecule has 26 heavy (non-hydrogen) atoms. The van der Waals surface area contributed by atoms with Crippen LogP contribution < -0.4 is 4.90 Å². The first kappa shape index (κ1) is 18.0. The summed E-state index contributed by atoms with van der Waals surface area (Å²) in [5.74, 6) is -0.367. The minimum absolute atomic E-state index is 0.00878. The van der Waals surface area contributed by atoms with Crippen LogP contribution in [0.25, 0.3) is 0 Å². The van der Waals surface area contributed by atoms with E-state index in [1.54, 1.807) is 31.3 Å². The average Bonchev–Trinajstić information content (AvgIpc) is 3.47. The molecule has 0 bridgehead atoms. The summed E-state index contributed by atoms with van der Waals surface area (Å²) in [5, 5.41) is 10.7. The second kappa shape index (κ2) is 7.61. The summed E-state index contributed by atoms with van der Waals surface area (Å²) in [6.07, 6.45) is 2.10. The molecule has 0 spiro atoms. The lowest BCUT2D eigenvalue weighted by molar-refractivity contribution is -0.384. The Balaban J connectivity index is 1.65. The third-order valence-electron chi connectivity index (χ3n) is 4.52. The van der Waals surface area contributed by atoms with Crippen LogP contribution in [0.15, 0.2) is 48.5 Å². The van der Waals surface area contributed by atoms with Gasteiger partial charge in [-0.15, -0.1) is 0 Å². The number of rotatable bonds is 7. The van der Waals surface area contributed by atoms with Gasteiger partial charge in [0, 0.05) is 37.5 Å². The quantitative estimate of drug-likeness (QED) is 0.563. The van der Waals surface area contributed by atoms with E-state index in [9.17, 15) is 19.3 Å². The van der Waals surface area contributed by atoms with Crippen molar-refractivity contribution >= 4 is 17.3 Å². The molecule has 1 saturated carbocycles. The Labute approximate surface area is 151 Å². The molecule has 1 aliphatic rings. The van der Waals surface area contributed by atoms with E-state index in [0.717, 1.165) is 18.4 Å². The Kier molecular flexibility index (Phi) is 5.27. The molecule has 0 heterocycles. The first-order chi connectivity index (χ1) is 12.4. The molecule has 3 rings (SSSR count). The van der Waals surface area contributed by atoms with E-state index >= 15 is 0 Å². The Morgan fingerprint density at radius 2 is 1.77 bits per heavy atom. The van der Waals surface area contributed by atoms with Crippen LogP contribution in [0.5, 0.6) is 0 Å². The molecule has 6 nitrogen and oxygen atoms in total. The van der Waals surface area contributed by atoms with Gasteiger partial charge in [-0.3, -0.25) is 19.8 Å². The summed E-state index contributed by atoms with van der Waals surface area (Å²) >= 11 is 0. The largest absolute Gasteiger partial charge is 0.314 e. The molecular weight excluding hydrogens is 337 g/mol. The molecule has 0 aromatic heterocycles. The predicted octanol–water partition coefficient (Wildman–Crippen LogP) is 3.36. The molecule has 0 radical (unpaired) electrons. The van der Waals surface area contributed by atoms with Crippen LogP contribution in [-0.4, -0.2) is 35.4 Å². The number of amides is 1. The van der Waals surface area contributed by atoms with Crippen molar-refractivity contribution in [2.45, 2.75) is 25.4 Å². The van der Waals surface area contributed by atoms with Crippen LogP contribution >= 0.6 is 0 Å². The fraction of sp³-hybridized carbons (Fsp3) is 0.316. The highest BCUT2D eigenvalue weighted by Crippen LogP contribution is 2.28. The fourth-order valence-corrected chi connectivity index (χ4v) is 2.80. The average molecular weight is 357 g/mol. The van der Waals surface area contributed by atoms with Gasteiger partial charge in [-0.2, -0.15) is 0 Å². The maximum Gasteiger partial charge on any atom is 0.269 e. The molecule has 7 heteroatoms. The molecule has 0 atom stereocenters. The number of halogens is 1. The Bertz CT molecular complexity index is 789. The zero-order valence-electron chi connectivity index (χ0n) is 14.5. The van der Waals surface area contributed by atoms with E-state index < -0.39 is 4.92 Å². The minimum atomic E-state index is -0.469. The van der Waals surface area contributed by atoms with Gasteiger partial charge in [0.05, 0.1) is 11.5 Å². The second-order valence-corrected chi connectivity index (χ2v) is 6.49. The summed E-state index contributed by atoms with van der Waals surface area (Å²) in [6, 6.07) is 12.6. The Morgan fingerprint density at radius 1 is 1.15 bits per heavy atom. The van der Waals surface area contributed by atoms with Crippen molar-refractivity contribution in [1.82, 2.24) is 4.90 Å². The first-order valence-electron chi connectivity index (χ1n) is 8.43. The van der Waals surface area contributed by atoms with Gasteiger partial charge in [0.2, 0.25) is 5.91 Å². The summed E-state index contributed by atoms with van der Waals surface area (Å²) in [6.45, 7) is 0.834. The lowest BCUT2D eigenvalue weighted by Gasteiger charge is -2.25. The number of carbonyl (C=O) groups is 1. The molecule has 2 aromatic carbocycles. The van der Waals surface area contributed by atoms with Crippen molar-refractivity contribution < 1.29 is 14.1 Å². The monoisotopic (exact) mass is 357 g/mol. The number of hydrogen-bond acceptors (Lipinski definition) is 4. The summed E-state index contributed by atoms with van der Waals surface area (Å²) in [5.41, 5.74) is 1.56. The second-order valence-electron chi connectivity index (χ2n) is 6.49. The van der Waals surface area contributed by atoms with Crippen LogP contribution in [0.3, 0.4) is 0 Å². The highest BCUT2D eigenvalue weighted by atomic mass is 19.1. The Hall–Kier alpha value is -2.80. The molecule has 0 unspecified atom stereocenters. The normalized spacial score (nSPS) is 13.7. The van der Waals surface area contributed by atoms with E-state index in [1.165, 1.54) is 29.2 Å². The van der Waals surface area contributed by atoms with Crippen LogP contribution in [0.4, 0.5) is 15.8 Å². The highest BCUT2D eigenvalue weighted by molar-refractivity contribution is 5.94. The standard InChI is InChI=1S/C19H20FN3O3/c1-21(16-6-10-18(11-7-16)23(25)26)19(24)13-22(17-8-9-17)12-14-2-4-15(20)5-3-14/h2-7,10-11,17H,8-9,12-13H2,1H3. The summed E-state index contributed by atoms with van der Waals surface area (Å²) < 4.78 is 13.1. The molecule has 0 saturated heterocycles. The van der Waals surface area contributed by atoms with Crippen LogP contribution in [-0.2, 0) is 11.3 Å². The molecule has 0 N–H and O–H groups in total. The molecule has 1 aliphatic carbocycles. The fourth-order valence-electron chi connectivity index (χ4n) is 2.80. The number of non-ortho nitro benzene ring substituents is 1. The third-order valence-corrected chi connectivity index (χ3v) is 4.52. The molecule has 1 fully saturated rings. The maximum atomic E-state index is 13.1. The van der Waals surface area contributed by atoms with Gasteiger partial charge in [0.25, 0.3) is 5.69 Å². The Morgan fingerprint density at radius 3 is 2.31 bits per heavy atom. The van der Waals surface area contributed by atoms with Crippen molar-refractivity contribution in [2.24, 2.45) is 0 Å². The molecule has 136 valence electrons. The van der Waals surface area contributed by atoms with E-state index in [-0.39, 0.29) is 24.0 Å². The molecule has 2 aromatic rings. The van der Waals surface area contributed by atoms with Crippen molar-refractivity contribution in [3.8, 4) is 0 Å². The van der Waals surface area contributed by atoms with Gasteiger partial charge >= 0.3 is 0 Å². The van der Waals surface area contributed by atoms with Crippen LogP contribution in [0, 0.1) is 15.9 Å². The third kappa shape index (κ3) is 4.43. The number of nitrogens with zero attached hydrogens (tertiary/aromatic N) is 3. The van der Waals surface area contributed by atoms with Gasteiger partial charge in [-0.25, -0.2) is 4.39 Å². The van der Waals surface area contributed by atoms with Crippen LogP contribution in [0.1, 0.15) is 18.4 Å². The van der Waals surface area contributed by atoms with Gasteiger partial charge in [-0.05, 0) is 42.7 Å². The summed E-state index contributed by atoms with van der Waals surface area (Å²) in [7, 11) is 1.66. The number of anilines is 1. The van der Waals surface area contributed by atoms with E-state index in [4.69, 9.17) is 0 Å². The maximum absolute atomic E-state index is 13.1. The summed E-state index contributed by atoms with van der Waals surface area (Å²) in [4.78, 5) is 26.5. The zero-order valence-corrected chi connectivity index (χ0v) is 14.5.